The number of hydrogen-bond donors (Lipinski definition) is 0. The molecule has 0 rings (SSSR count). The second-order valence-corrected chi connectivity index (χ2v) is 7.16. The molecule has 0 saturated carbocycles. The zero-order valence-electron chi connectivity index (χ0n) is 15.1. The summed E-state index contributed by atoms with van der Waals surface area (Å²) in [6, 6.07) is 0. The number of ether oxygens (including phenoxy) is 2. The van der Waals surface area contributed by atoms with Crippen molar-refractivity contribution in [2.75, 3.05) is 20.0 Å². The van der Waals surface area contributed by atoms with Crippen LogP contribution in [-0.2, 0) is 19.1 Å². The van der Waals surface area contributed by atoms with Crippen LogP contribution in [0, 0.1) is 0 Å². The predicted octanol–water partition coefficient (Wildman–Crippen LogP) is 4.75. The summed E-state index contributed by atoms with van der Waals surface area (Å²) in [4.78, 5) is 22.9. The molecule has 0 fully saturated rings. The summed E-state index contributed by atoms with van der Waals surface area (Å²) >= 11 is 1.50. The van der Waals surface area contributed by atoms with E-state index in [1.807, 2.05) is 0 Å². The third kappa shape index (κ3) is 13.4. The van der Waals surface area contributed by atoms with Crippen LogP contribution in [0.5, 0.6) is 0 Å². The summed E-state index contributed by atoms with van der Waals surface area (Å²) in [5.74, 6) is 0.177. The van der Waals surface area contributed by atoms with E-state index in [0.29, 0.717) is 0 Å². The van der Waals surface area contributed by atoms with Gasteiger partial charge in [-0.1, -0.05) is 64.7 Å². The maximum atomic E-state index is 11.6. The van der Waals surface area contributed by atoms with Crippen LogP contribution in [0.4, 0.5) is 0 Å². The lowest BCUT2D eigenvalue weighted by Crippen LogP contribution is -2.23. The van der Waals surface area contributed by atoms with Crippen LogP contribution >= 0.6 is 11.8 Å². The highest BCUT2D eigenvalue weighted by Gasteiger charge is 2.23. The average Bonchev–Trinajstić information content (AvgIpc) is 2.57. The van der Waals surface area contributed by atoms with Crippen molar-refractivity contribution in [2.45, 2.75) is 82.8 Å². The zero-order valence-corrected chi connectivity index (χ0v) is 15.9. The smallest absolute Gasteiger partial charge is 0.319 e. The molecule has 0 aromatic heterocycles. The minimum absolute atomic E-state index is 0.0889. The minimum atomic E-state index is -0.439. The molecule has 0 aromatic rings. The number of carbonyl (C=O) groups excluding carboxylic acids is 2. The molecular weight excluding hydrogens is 312 g/mol. The Morgan fingerprint density at radius 3 is 1.83 bits per heavy atom. The number of hydrogen-bond acceptors (Lipinski definition) is 5. The average molecular weight is 347 g/mol. The molecular formula is C18H34O4S. The lowest BCUT2D eigenvalue weighted by molar-refractivity contribution is -0.146. The molecule has 0 aromatic carbocycles. The van der Waals surface area contributed by atoms with Crippen LogP contribution in [0.15, 0.2) is 0 Å². The monoisotopic (exact) mass is 346 g/mol. The Balaban J connectivity index is 3.58. The SMILES string of the molecule is CCCCCCCCCCCCSC(CC(=O)OC)C(=O)OC. The Labute approximate surface area is 146 Å². The first-order valence-corrected chi connectivity index (χ1v) is 9.96. The van der Waals surface area contributed by atoms with Gasteiger partial charge in [-0.25, -0.2) is 0 Å². The van der Waals surface area contributed by atoms with Gasteiger partial charge in [0.2, 0.25) is 0 Å². The van der Waals surface area contributed by atoms with E-state index < -0.39 is 5.25 Å². The van der Waals surface area contributed by atoms with Gasteiger partial charge in [0.05, 0.1) is 20.6 Å². The third-order valence-corrected chi connectivity index (χ3v) is 5.15. The van der Waals surface area contributed by atoms with E-state index in [4.69, 9.17) is 4.74 Å². The highest BCUT2D eigenvalue weighted by Crippen LogP contribution is 2.19. The molecule has 0 amide bonds. The fourth-order valence-electron chi connectivity index (χ4n) is 2.39. The van der Waals surface area contributed by atoms with E-state index in [-0.39, 0.29) is 18.4 Å². The standard InChI is InChI=1S/C18H34O4S/c1-4-5-6-7-8-9-10-11-12-13-14-23-16(18(20)22-3)15-17(19)21-2/h16H,4-15H2,1-3H3. The van der Waals surface area contributed by atoms with Crippen LogP contribution in [0.2, 0.25) is 0 Å². The molecule has 0 aliphatic carbocycles. The van der Waals surface area contributed by atoms with Crippen LogP contribution in [-0.4, -0.2) is 37.2 Å². The molecule has 23 heavy (non-hydrogen) atoms. The van der Waals surface area contributed by atoms with Crippen molar-refractivity contribution >= 4 is 23.7 Å². The van der Waals surface area contributed by atoms with E-state index in [1.54, 1.807) is 0 Å². The maximum Gasteiger partial charge on any atom is 0.319 e. The van der Waals surface area contributed by atoms with Crippen LogP contribution in [0.3, 0.4) is 0 Å². The van der Waals surface area contributed by atoms with Crippen molar-refractivity contribution < 1.29 is 19.1 Å². The number of methoxy groups -OCH3 is 2. The Morgan fingerprint density at radius 1 is 0.826 bits per heavy atom. The number of rotatable bonds is 15. The van der Waals surface area contributed by atoms with Crippen molar-refractivity contribution in [2.24, 2.45) is 0 Å². The van der Waals surface area contributed by atoms with Crippen LogP contribution in [0.25, 0.3) is 0 Å². The minimum Gasteiger partial charge on any atom is -0.469 e. The largest absolute Gasteiger partial charge is 0.469 e. The summed E-state index contributed by atoms with van der Waals surface area (Å²) in [6.45, 7) is 2.24. The molecule has 4 nitrogen and oxygen atoms in total. The molecule has 1 unspecified atom stereocenters. The topological polar surface area (TPSA) is 52.6 Å². The zero-order chi connectivity index (χ0) is 17.3. The van der Waals surface area contributed by atoms with Gasteiger partial charge < -0.3 is 9.47 Å². The van der Waals surface area contributed by atoms with Gasteiger partial charge in [-0.3, -0.25) is 9.59 Å². The molecule has 0 N–H and O–H groups in total. The summed E-state index contributed by atoms with van der Waals surface area (Å²) < 4.78 is 9.36. The Morgan fingerprint density at radius 2 is 1.35 bits per heavy atom. The Bertz CT molecular complexity index is 307. The third-order valence-electron chi connectivity index (χ3n) is 3.86. The number of carbonyl (C=O) groups is 2. The van der Waals surface area contributed by atoms with Gasteiger partial charge in [-0.05, 0) is 12.2 Å². The highest BCUT2D eigenvalue weighted by molar-refractivity contribution is 8.00. The van der Waals surface area contributed by atoms with Gasteiger partial charge in [0, 0.05) is 0 Å². The van der Waals surface area contributed by atoms with Crippen LogP contribution < -0.4 is 0 Å². The van der Waals surface area contributed by atoms with E-state index in [2.05, 4.69) is 11.7 Å². The first-order valence-electron chi connectivity index (χ1n) is 8.91. The van der Waals surface area contributed by atoms with Gasteiger partial charge in [0.25, 0.3) is 0 Å². The van der Waals surface area contributed by atoms with Crippen LogP contribution in [0.1, 0.15) is 77.6 Å². The maximum absolute atomic E-state index is 11.6. The van der Waals surface area contributed by atoms with E-state index in [9.17, 15) is 9.59 Å². The van der Waals surface area contributed by atoms with Gasteiger partial charge in [0.15, 0.2) is 0 Å². The van der Waals surface area contributed by atoms with Gasteiger partial charge in [0.1, 0.15) is 5.25 Å². The molecule has 0 spiro atoms. The van der Waals surface area contributed by atoms with Gasteiger partial charge in [-0.2, -0.15) is 0 Å². The molecule has 0 bridgehead atoms. The quantitative estimate of drug-likeness (QED) is 0.316. The predicted molar refractivity (Wildman–Crippen MR) is 96.7 cm³/mol. The molecule has 0 aliphatic rings. The molecule has 0 aliphatic heterocycles. The lowest BCUT2D eigenvalue weighted by atomic mass is 10.1. The Hall–Kier alpha value is -0.710. The van der Waals surface area contributed by atoms with E-state index in [1.165, 1.54) is 83.8 Å². The molecule has 0 radical (unpaired) electrons. The number of esters is 2. The van der Waals surface area contributed by atoms with Crippen molar-refractivity contribution in [3.63, 3.8) is 0 Å². The molecule has 136 valence electrons. The highest BCUT2D eigenvalue weighted by atomic mass is 32.2. The number of thioether (sulfide) groups is 1. The fourth-order valence-corrected chi connectivity index (χ4v) is 3.53. The van der Waals surface area contributed by atoms with E-state index >= 15 is 0 Å². The van der Waals surface area contributed by atoms with Crippen molar-refractivity contribution in [1.29, 1.82) is 0 Å². The summed E-state index contributed by atoms with van der Waals surface area (Å²) in [7, 11) is 2.69. The summed E-state index contributed by atoms with van der Waals surface area (Å²) in [5, 5.41) is -0.439. The number of unbranched alkanes of at least 4 members (excludes halogenated alkanes) is 9. The fraction of sp³-hybridized carbons (Fsp3) is 0.889. The van der Waals surface area contributed by atoms with Gasteiger partial charge >= 0.3 is 11.9 Å². The first-order chi connectivity index (χ1) is 11.2. The second-order valence-electron chi connectivity index (χ2n) is 5.84. The molecule has 0 heterocycles. The second kappa shape index (κ2) is 16.2. The van der Waals surface area contributed by atoms with Crippen molar-refractivity contribution in [3.8, 4) is 0 Å². The Kier molecular flexibility index (Phi) is 15.7. The summed E-state index contributed by atoms with van der Waals surface area (Å²) in [6.07, 6.45) is 13.0. The van der Waals surface area contributed by atoms with Crippen molar-refractivity contribution in [3.05, 3.63) is 0 Å². The first kappa shape index (κ1) is 22.3. The van der Waals surface area contributed by atoms with E-state index in [0.717, 1.165) is 12.2 Å². The van der Waals surface area contributed by atoms with Crippen molar-refractivity contribution in [1.82, 2.24) is 0 Å². The molecule has 0 saturated heterocycles. The molecule has 5 heteroatoms. The summed E-state index contributed by atoms with van der Waals surface area (Å²) in [5.41, 5.74) is 0. The molecule has 1 atom stereocenters. The van der Waals surface area contributed by atoms with Gasteiger partial charge in [-0.15, -0.1) is 11.8 Å². The lowest BCUT2D eigenvalue weighted by Gasteiger charge is -2.12. The normalized spacial score (nSPS) is 12.0.